The quantitative estimate of drug-likeness (QED) is 0.814. The molecule has 2 heteroatoms. The first-order chi connectivity index (χ1) is 7.62. The Morgan fingerprint density at radius 3 is 2.50 bits per heavy atom. The molecule has 0 fully saturated rings. The molecule has 16 heavy (non-hydrogen) atoms. The fourth-order valence-electron chi connectivity index (χ4n) is 1.61. The van der Waals surface area contributed by atoms with Crippen LogP contribution in [-0.4, -0.2) is 16.5 Å². The summed E-state index contributed by atoms with van der Waals surface area (Å²) < 4.78 is -0.135. The lowest BCUT2D eigenvalue weighted by Crippen LogP contribution is -2.19. The van der Waals surface area contributed by atoms with Crippen molar-refractivity contribution in [2.45, 2.75) is 23.5 Å². The summed E-state index contributed by atoms with van der Waals surface area (Å²) >= 11 is 1.73. The van der Waals surface area contributed by atoms with Crippen molar-refractivity contribution >= 4 is 22.5 Å². The van der Waals surface area contributed by atoms with Gasteiger partial charge in [0.25, 0.3) is 0 Å². The lowest BCUT2D eigenvalue weighted by Gasteiger charge is -2.21. The van der Waals surface area contributed by atoms with Crippen LogP contribution in [0, 0.1) is 0 Å². The van der Waals surface area contributed by atoms with Crippen molar-refractivity contribution in [2.75, 3.05) is 6.61 Å². The highest BCUT2D eigenvalue weighted by atomic mass is 32.2. The predicted molar refractivity (Wildman–Crippen MR) is 71.0 cm³/mol. The second kappa shape index (κ2) is 4.48. The Labute approximate surface area is 100 Å². The molecule has 0 saturated carbocycles. The van der Waals surface area contributed by atoms with Gasteiger partial charge in [0.05, 0.1) is 6.61 Å². The number of thioether (sulfide) groups is 1. The molecule has 0 radical (unpaired) electrons. The Morgan fingerprint density at radius 2 is 1.75 bits per heavy atom. The zero-order valence-electron chi connectivity index (χ0n) is 9.60. The zero-order chi connectivity index (χ0) is 11.6. The van der Waals surface area contributed by atoms with Crippen LogP contribution in [0.3, 0.4) is 0 Å². The van der Waals surface area contributed by atoms with Crippen molar-refractivity contribution in [3.63, 3.8) is 0 Å². The smallest absolute Gasteiger partial charge is 0.0576 e. The first kappa shape index (κ1) is 11.5. The van der Waals surface area contributed by atoms with Gasteiger partial charge >= 0.3 is 0 Å². The van der Waals surface area contributed by atoms with Crippen LogP contribution in [0.1, 0.15) is 13.8 Å². The normalized spacial score (nSPS) is 11.9. The summed E-state index contributed by atoms with van der Waals surface area (Å²) in [7, 11) is 0. The average molecular weight is 232 g/mol. The van der Waals surface area contributed by atoms with Crippen molar-refractivity contribution in [3.8, 4) is 0 Å². The van der Waals surface area contributed by atoms with Crippen LogP contribution in [0.15, 0.2) is 47.4 Å². The van der Waals surface area contributed by atoms with Gasteiger partial charge in [-0.3, -0.25) is 0 Å². The van der Waals surface area contributed by atoms with E-state index in [1.54, 1.807) is 11.8 Å². The van der Waals surface area contributed by atoms with Gasteiger partial charge in [0.1, 0.15) is 0 Å². The lowest BCUT2D eigenvalue weighted by molar-refractivity contribution is 0.265. The molecule has 1 nitrogen and oxygen atoms in total. The number of aliphatic hydroxyl groups is 1. The minimum Gasteiger partial charge on any atom is -0.395 e. The largest absolute Gasteiger partial charge is 0.395 e. The first-order valence-electron chi connectivity index (χ1n) is 5.40. The van der Waals surface area contributed by atoms with Crippen molar-refractivity contribution < 1.29 is 5.11 Å². The van der Waals surface area contributed by atoms with E-state index in [9.17, 15) is 5.11 Å². The zero-order valence-corrected chi connectivity index (χ0v) is 10.4. The van der Waals surface area contributed by atoms with Crippen molar-refractivity contribution in [1.82, 2.24) is 0 Å². The van der Waals surface area contributed by atoms with Gasteiger partial charge in [-0.25, -0.2) is 0 Å². The molecule has 0 aliphatic carbocycles. The third kappa shape index (κ3) is 2.39. The van der Waals surface area contributed by atoms with Crippen LogP contribution in [0.2, 0.25) is 0 Å². The third-order valence-corrected chi connectivity index (χ3v) is 3.77. The molecule has 0 bridgehead atoms. The summed E-state index contributed by atoms with van der Waals surface area (Å²) in [5, 5.41) is 11.8. The number of hydrogen-bond donors (Lipinski definition) is 1. The van der Waals surface area contributed by atoms with E-state index in [1.165, 1.54) is 15.7 Å². The maximum Gasteiger partial charge on any atom is 0.0576 e. The minimum absolute atomic E-state index is 0.135. The van der Waals surface area contributed by atoms with Gasteiger partial charge in [0, 0.05) is 9.64 Å². The molecule has 2 rings (SSSR count). The Kier molecular flexibility index (Phi) is 3.22. The van der Waals surface area contributed by atoms with E-state index in [1.807, 2.05) is 6.07 Å². The number of benzene rings is 2. The molecule has 0 aliphatic heterocycles. The van der Waals surface area contributed by atoms with Gasteiger partial charge in [0.15, 0.2) is 0 Å². The molecular weight excluding hydrogens is 216 g/mol. The summed E-state index contributed by atoms with van der Waals surface area (Å²) in [6.07, 6.45) is 0. The highest BCUT2D eigenvalue weighted by molar-refractivity contribution is 8.00. The van der Waals surface area contributed by atoms with Crippen LogP contribution in [0.25, 0.3) is 10.8 Å². The number of rotatable bonds is 3. The van der Waals surface area contributed by atoms with Gasteiger partial charge < -0.3 is 5.11 Å². The summed E-state index contributed by atoms with van der Waals surface area (Å²) in [6, 6.07) is 14.6. The minimum atomic E-state index is -0.135. The van der Waals surface area contributed by atoms with E-state index < -0.39 is 0 Å². The second-order valence-corrected chi connectivity index (χ2v) is 6.25. The molecule has 0 aromatic heterocycles. The monoisotopic (exact) mass is 232 g/mol. The van der Waals surface area contributed by atoms with Crippen LogP contribution in [0.4, 0.5) is 0 Å². The summed E-state index contributed by atoms with van der Waals surface area (Å²) in [4.78, 5) is 1.23. The first-order valence-corrected chi connectivity index (χ1v) is 6.22. The summed E-state index contributed by atoms with van der Waals surface area (Å²) in [5.74, 6) is 0. The fraction of sp³-hybridized carbons (Fsp3) is 0.286. The van der Waals surface area contributed by atoms with E-state index in [0.717, 1.165) is 0 Å². The standard InChI is InChI=1S/C14H16OS/c1-14(2,10-15)16-13-9-5-7-11-6-3-4-8-12(11)13/h3-9,15H,10H2,1-2H3. The van der Waals surface area contributed by atoms with Crippen molar-refractivity contribution in [2.24, 2.45) is 0 Å². The Morgan fingerprint density at radius 1 is 1.06 bits per heavy atom. The van der Waals surface area contributed by atoms with Crippen LogP contribution < -0.4 is 0 Å². The topological polar surface area (TPSA) is 20.2 Å². The van der Waals surface area contributed by atoms with Crippen molar-refractivity contribution in [1.29, 1.82) is 0 Å². The molecule has 0 atom stereocenters. The van der Waals surface area contributed by atoms with E-state index >= 15 is 0 Å². The molecule has 0 heterocycles. The maximum absolute atomic E-state index is 9.31. The number of fused-ring (bicyclic) bond motifs is 1. The summed E-state index contributed by atoms with van der Waals surface area (Å²) in [5.41, 5.74) is 0. The van der Waals surface area contributed by atoms with Gasteiger partial charge in [0.2, 0.25) is 0 Å². The van der Waals surface area contributed by atoms with E-state index in [2.05, 4.69) is 50.2 Å². The Hall–Kier alpha value is -0.990. The van der Waals surface area contributed by atoms with E-state index in [4.69, 9.17) is 0 Å². The molecule has 0 aliphatic rings. The molecule has 0 unspecified atom stereocenters. The molecule has 2 aromatic rings. The molecule has 84 valence electrons. The number of hydrogen-bond acceptors (Lipinski definition) is 2. The predicted octanol–water partition coefficient (Wildman–Crippen LogP) is 3.70. The molecule has 0 amide bonds. The molecular formula is C14H16OS. The van der Waals surface area contributed by atoms with Crippen LogP contribution in [-0.2, 0) is 0 Å². The lowest BCUT2D eigenvalue weighted by atomic mass is 10.1. The van der Waals surface area contributed by atoms with Crippen molar-refractivity contribution in [3.05, 3.63) is 42.5 Å². The van der Waals surface area contributed by atoms with Gasteiger partial charge in [-0.15, -0.1) is 11.8 Å². The van der Waals surface area contributed by atoms with Gasteiger partial charge in [-0.2, -0.15) is 0 Å². The van der Waals surface area contributed by atoms with E-state index in [0.29, 0.717) is 0 Å². The molecule has 0 saturated heterocycles. The summed E-state index contributed by atoms with van der Waals surface area (Å²) in [6.45, 7) is 4.29. The average Bonchev–Trinajstić information content (AvgIpc) is 2.29. The van der Waals surface area contributed by atoms with Crippen LogP contribution in [0.5, 0.6) is 0 Å². The third-order valence-electron chi connectivity index (χ3n) is 2.52. The highest BCUT2D eigenvalue weighted by Gasteiger charge is 2.18. The highest BCUT2D eigenvalue weighted by Crippen LogP contribution is 2.36. The fourth-order valence-corrected chi connectivity index (χ4v) is 2.72. The maximum atomic E-state index is 9.31. The molecule has 0 spiro atoms. The Balaban J connectivity index is 2.45. The number of aliphatic hydroxyl groups excluding tert-OH is 1. The SMILES string of the molecule is CC(C)(CO)Sc1cccc2ccccc12. The van der Waals surface area contributed by atoms with Gasteiger partial charge in [-0.1, -0.05) is 36.4 Å². The molecule has 2 aromatic carbocycles. The van der Waals surface area contributed by atoms with Crippen LogP contribution >= 0.6 is 11.8 Å². The second-order valence-electron chi connectivity index (χ2n) is 4.50. The Bertz CT molecular complexity index is 486. The van der Waals surface area contributed by atoms with Gasteiger partial charge in [-0.05, 0) is 30.7 Å². The van der Waals surface area contributed by atoms with E-state index in [-0.39, 0.29) is 11.4 Å². The molecule has 1 N–H and O–H groups in total.